The molecule has 7 nitrogen and oxygen atoms in total. The number of ketones is 1. The molecule has 0 aliphatic rings. The van der Waals surface area contributed by atoms with Crippen molar-refractivity contribution in [3.05, 3.63) is 36.3 Å². The van der Waals surface area contributed by atoms with E-state index in [9.17, 15) is 4.79 Å². The Kier molecular flexibility index (Phi) is 4.12. The summed E-state index contributed by atoms with van der Waals surface area (Å²) < 4.78 is 1.72. The van der Waals surface area contributed by atoms with Gasteiger partial charge in [0.2, 0.25) is 0 Å². The van der Waals surface area contributed by atoms with Crippen molar-refractivity contribution >= 4 is 17.2 Å². The van der Waals surface area contributed by atoms with Gasteiger partial charge in [0, 0.05) is 26.2 Å². The maximum Gasteiger partial charge on any atom is 0.175 e. The highest BCUT2D eigenvalue weighted by molar-refractivity contribution is 5.93. The number of carbonyl (C=O) groups is 1. The van der Waals surface area contributed by atoms with Crippen molar-refractivity contribution in [1.82, 2.24) is 24.5 Å². The molecule has 7 heteroatoms. The molecule has 3 aromatic heterocycles. The van der Waals surface area contributed by atoms with Crippen LogP contribution < -0.4 is 5.32 Å². The summed E-state index contributed by atoms with van der Waals surface area (Å²) in [7, 11) is 4.07. The molecule has 0 atom stereocenters. The van der Waals surface area contributed by atoms with E-state index >= 15 is 0 Å². The van der Waals surface area contributed by atoms with Gasteiger partial charge in [0.1, 0.15) is 5.82 Å². The Hall–Kier alpha value is -2.67. The van der Waals surface area contributed by atoms with E-state index < -0.39 is 0 Å². The number of Topliss-reactive ketones (excluding diaryl/α,β-unsaturated/α-hetero) is 1. The third kappa shape index (κ3) is 3.24. The third-order valence-corrected chi connectivity index (χ3v) is 3.59. The van der Waals surface area contributed by atoms with Crippen LogP contribution in [0.3, 0.4) is 0 Å². The van der Waals surface area contributed by atoms with E-state index in [1.165, 1.54) is 6.92 Å². The maximum atomic E-state index is 11.4. The summed E-state index contributed by atoms with van der Waals surface area (Å²) in [4.78, 5) is 21.3. The Morgan fingerprint density at radius 2 is 2.17 bits per heavy atom. The second-order valence-corrected chi connectivity index (χ2v) is 5.71. The molecular weight excluding hydrogens is 292 g/mol. The molecular formula is C16H20N6O. The number of aromatic nitrogens is 4. The van der Waals surface area contributed by atoms with Crippen LogP contribution >= 0.6 is 0 Å². The Morgan fingerprint density at radius 3 is 2.87 bits per heavy atom. The molecule has 0 aliphatic heterocycles. The van der Waals surface area contributed by atoms with E-state index in [2.05, 4.69) is 25.3 Å². The van der Waals surface area contributed by atoms with E-state index in [1.54, 1.807) is 16.8 Å². The van der Waals surface area contributed by atoms with Gasteiger partial charge in [0.05, 0.1) is 23.1 Å². The van der Waals surface area contributed by atoms with E-state index in [-0.39, 0.29) is 5.78 Å². The van der Waals surface area contributed by atoms with E-state index in [0.29, 0.717) is 5.69 Å². The smallest absolute Gasteiger partial charge is 0.175 e. The summed E-state index contributed by atoms with van der Waals surface area (Å²) in [5.41, 5.74) is 3.04. The molecule has 0 unspecified atom stereocenters. The minimum atomic E-state index is 0.00623. The standard InChI is InChI=1S/C16H20N6O/c1-11(23)13-4-5-14(19-13)12-10-18-22-8-6-15(20-16(12)22)17-7-9-21(2)3/h4-6,8,10,19H,7,9H2,1-3H3,(H,17,20). The summed E-state index contributed by atoms with van der Waals surface area (Å²) >= 11 is 0. The van der Waals surface area contributed by atoms with Gasteiger partial charge < -0.3 is 15.2 Å². The molecule has 0 saturated heterocycles. The van der Waals surface area contributed by atoms with Gasteiger partial charge >= 0.3 is 0 Å². The summed E-state index contributed by atoms with van der Waals surface area (Å²) in [6.45, 7) is 3.28. The van der Waals surface area contributed by atoms with Crippen LogP contribution in [0.4, 0.5) is 5.82 Å². The minimum Gasteiger partial charge on any atom is -0.369 e. The van der Waals surface area contributed by atoms with Gasteiger partial charge in [0.15, 0.2) is 11.4 Å². The van der Waals surface area contributed by atoms with Crippen molar-refractivity contribution in [2.45, 2.75) is 6.92 Å². The van der Waals surface area contributed by atoms with Gasteiger partial charge in [-0.05, 0) is 32.3 Å². The van der Waals surface area contributed by atoms with Crippen molar-refractivity contribution in [3.8, 4) is 11.3 Å². The van der Waals surface area contributed by atoms with Gasteiger partial charge in [-0.25, -0.2) is 9.50 Å². The molecule has 120 valence electrons. The maximum absolute atomic E-state index is 11.4. The van der Waals surface area contributed by atoms with Crippen LogP contribution in [-0.4, -0.2) is 57.5 Å². The number of anilines is 1. The first-order chi connectivity index (χ1) is 11.0. The number of carbonyl (C=O) groups excluding carboxylic acids is 1. The molecule has 0 amide bonds. The van der Waals surface area contributed by atoms with E-state index in [1.807, 2.05) is 32.4 Å². The first-order valence-corrected chi connectivity index (χ1v) is 7.48. The van der Waals surface area contributed by atoms with Crippen molar-refractivity contribution in [1.29, 1.82) is 0 Å². The summed E-state index contributed by atoms with van der Waals surface area (Å²) in [6, 6.07) is 5.55. The molecule has 0 bridgehead atoms. The van der Waals surface area contributed by atoms with Crippen LogP contribution in [0.1, 0.15) is 17.4 Å². The molecule has 0 spiro atoms. The fourth-order valence-corrected chi connectivity index (χ4v) is 2.32. The van der Waals surface area contributed by atoms with Gasteiger partial charge in [-0.1, -0.05) is 0 Å². The first kappa shape index (κ1) is 15.2. The lowest BCUT2D eigenvalue weighted by molar-refractivity contribution is 0.101. The zero-order valence-electron chi connectivity index (χ0n) is 13.5. The molecule has 3 rings (SSSR count). The highest BCUT2D eigenvalue weighted by Gasteiger charge is 2.12. The average molecular weight is 312 g/mol. The molecule has 3 heterocycles. The van der Waals surface area contributed by atoms with Gasteiger partial charge in [0.25, 0.3) is 0 Å². The Labute approximate surface area is 134 Å². The lowest BCUT2D eigenvalue weighted by Crippen LogP contribution is -2.21. The topological polar surface area (TPSA) is 78.3 Å². The molecule has 0 fully saturated rings. The SMILES string of the molecule is CC(=O)c1ccc(-c2cnn3ccc(NCCN(C)C)nc23)[nH]1. The number of nitrogens with one attached hydrogen (secondary N) is 2. The monoisotopic (exact) mass is 312 g/mol. The number of fused-ring (bicyclic) bond motifs is 1. The Morgan fingerprint density at radius 1 is 1.35 bits per heavy atom. The van der Waals surface area contributed by atoms with Crippen molar-refractivity contribution < 1.29 is 4.79 Å². The predicted octanol–water partition coefficient (Wildman–Crippen LogP) is 1.90. The number of likely N-dealkylation sites (N-methyl/N-ethyl adjacent to an activating group) is 1. The van der Waals surface area contributed by atoms with E-state index in [4.69, 9.17) is 0 Å². The highest BCUT2D eigenvalue weighted by Crippen LogP contribution is 2.23. The Bertz CT molecular complexity index is 832. The number of hydrogen-bond acceptors (Lipinski definition) is 5. The average Bonchev–Trinajstić information content (AvgIpc) is 3.12. The summed E-state index contributed by atoms with van der Waals surface area (Å²) in [5, 5.41) is 7.61. The number of hydrogen-bond donors (Lipinski definition) is 2. The molecule has 0 aliphatic carbocycles. The molecule has 3 aromatic rings. The van der Waals surface area contributed by atoms with Crippen molar-refractivity contribution in [2.24, 2.45) is 0 Å². The quantitative estimate of drug-likeness (QED) is 0.680. The summed E-state index contributed by atoms with van der Waals surface area (Å²) in [6.07, 6.45) is 3.63. The lowest BCUT2D eigenvalue weighted by atomic mass is 10.2. The number of nitrogens with zero attached hydrogens (tertiary/aromatic N) is 4. The summed E-state index contributed by atoms with van der Waals surface area (Å²) in [5.74, 6) is 0.811. The van der Waals surface area contributed by atoms with Crippen LogP contribution in [0.25, 0.3) is 16.9 Å². The van der Waals surface area contributed by atoms with Gasteiger partial charge in [-0.3, -0.25) is 4.79 Å². The fourth-order valence-electron chi connectivity index (χ4n) is 2.32. The van der Waals surface area contributed by atoms with Gasteiger partial charge in [-0.15, -0.1) is 0 Å². The van der Waals surface area contributed by atoms with Crippen molar-refractivity contribution in [2.75, 3.05) is 32.5 Å². The zero-order chi connectivity index (χ0) is 16.4. The van der Waals surface area contributed by atoms with Crippen molar-refractivity contribution in [3.63, 3.8) is 0 Å². The number of H-pyrrole nitrogens is 1. The van der Waals surface area contributed by atoms with E-state index in [0.717, 1.165) is 35.8 Å². The zero-order valence-corrected chi connectivity index (χ0v) is 13.5. The molecule has 2 N–H and O–H groups in total. The largest absolute Gasteiger partial charge is 0.369 e. The Balaban J connectivity index is 1.90. The molecule has 0 saturated carbocycles. The van der Waals surface area contributed by atoms with Crippen LogP contribution in [0, 0.1) is 0 Å². The predicted molar refractivity (Wildman–Crippen MR) is 89.8 cm³/mol. The molecule has 23 heavy (non-hydrogen) atoms. The first-order valence-electron chi connectivity index (χ1n) is 7.48. The van der Waals surface area contributed by atoms with Gasteiger partial charge in [-0.2, -0.15) is 5.10 Å². The fraction of sp³-hybridized carbons (Fsp3) is 0.312. The number of rotatable bonds is 6. The van der Waals surface area contributed by atoms with Crippen LogP contribution in [-0.2, 0) is 0 Å². The lowest BCUT2D eigenvalue weighted by Gasteiger charge is -2.10. The second-order valence-electron chi connectivity index (χ2n) is 5.71. The second kappa shape index (κ2) is 6.21. The highest BCUT2D eigenvalue weighted by atomic mass is 16.1. The molecule has 0 radical (unpaired) electrons. The van der Waals surface area contributed by atoms with Crippen LogP contribution in [0.15, 0.2) is 30.6 Å². The normalized spacial score (nSPS) is 11.3. The van der Waals surface area contributed by atoms with Crippen LogP contribution in [0.2, 0.25) is 0 Å². The molecule has 0 aromatic carbocycles. The minimum absolute atomic E-state index is 0.00623. The van der Waals surface area contributed by atoms with Crippen LogP contribution in [0.5, 0.6) is 0 Å². The number of aromatic amines is 1. The third-order valence-electron chi connectivity index (χ3n) is 3.59.